The second-order valence-corrected chi connectivity index (χ2v) is 7.03. The third kappa shape index (κ3) is 5.20. The Morgan fingerprint density at radius 1 is 1.00 bits per heavy atom. The van der Waals surface area contributed by atoms with Crippen molar-refractivity contribution >= 4 is 17.7 Å². The van der Waals surface area contributed by atoms with E-state index >= 15 is 0 Å². The number of esters is 1. The highest BCUT2D eigenvalue weighted by atomic mass is 16.5. The molecule has 2 aromatic carbocycles. The standard InChI is InChI=1S/C24H28N2O4/c1-3-5-9-16-30-19-14-12-18(13-15-19)22-20(23(27)29-4-2)21(25-24(28)26-22)17-10-7-6-8-11-17/h6-8,10-15,22H,3-5,9,16H2,1-2H3,(H2,25,26,28). The number of ether oxygens (including phenoxy) is 2. The molecule has 1 atom stereocenters. The van der Waals surface area contributed by atoms with Crippen molar-refractivity contribution < 1.29 is 19.1 Å². The molecule has 2 aromatic rings. The lowest BCUT2D eigenvalue weighted by molar-refractivity contribution is -0.138. The summed E-state index contributed by atoms with van der Waals surface area (Å²) in [4.78, 5) is 25.2. The van der Waals surface area contributed by atoms with Gasteiger partial charge in [0.1, 0.15) is 5.75 Å². The van der Waals surface area contributed by atoms with Crippen LogP contribution in [0.4, 0.5) is 4.79 Å². The Labute approximate surface area is 177 Å². The van der Waals surface area contributed by atoms with Crippen LogP contribution >= 0.6 is 0 Å². The van der Waals surface area contributed by atoms with E-state index < -0.39 is 12.0 Å². The summed E-state index contributed by atoms with van der Waals surface area (Å²) in [7, 11) is 0. The van der Waals surface area contributed by atoms with Gasteiger partial charge in [-0.25, -0.2) is 9.59 Å². The number of hydrogen-bond donors (Lipinski definition) is 2. The average molecular weight is 408 g/mol. The van der Waals surface area contributed by atoms with E-state index in [-0.39, 0.29) is 12.6 Å². The van der Waals surface area contributed by atoms with Crippen LogP contribution in [-0.2, 0) is 9.53 Å². The normalized spacial score (nSPS) is 15.9. The molecule has 158 valence electrons. The molecule has 0 aromatic heterocycles. The molecule has 0 bridgehead atoms. The first-order valence-corrected chi connectivity index (χ1v) is 10.4. The highest BCUT2D eigenvalue weighted by Gasteiger charge is 2.34. The van der Waals surface area contributed by atoms with E-state index in [1.807, 2.05) is 54.6 Å². The zero-order chi connectivity index (χ0) is 21.3. The Morgan fingerprint density at radius 2 is 1.73 bits per heavy atom. The zero-order valence-electron chi connectivity index (χ0n) is 17.4. The van der Waals surface area contributed by atoms with Crippen molar-refractivity contribution in [3.63, 3.8) is 0 Å². The maximum absolute atomic E-state index is 12.8. The van der Waals surface area contributed by atoms with Gasteiger partial charge in [-0.05, 0) is 36.6 Å². The number of carbonyl (C=O) groups excluding carboxylic acids is 2. The smallest absolute Gasteiger partial charge is 0.338 e. The topological polar surface area (TPSA) is 76.7 Å². The predicted octanol–water partition coefficient (Wildman–Crippen LogP) is 4.58. The quantitative estimate of drug-likeness (QED) is 0.470. The fourth-order valence-electron chi connectivity index (χ4n) is 3.37. The first-order valence-electron chi connectivity index (χ1n) is 10.4. The fraction of sp³-hybridized carbons (Fsp3) is 0.333. The van der Waals surface area contributed by atoms with E-state index in [9.17, 15) is 9.59 Å². The molecule has 0 saturated carbocycles. The van der Waals surface area contributed by atoms with Crippen molar-refractivity contribution in [2.75, 3.05) is 13.2 Å². The number of benzene rings is 2. The molecular formula is C24H28N2O4. The van der Waals surface area contributed by atoms with Crippen molar-refractivity contribution in [1.29, 1.82) is 0 Å². The Balaban J connectivity index is 1.93. The van der Waals surface area contributed by atoms with E-state index in [1.165, 1.54) is 0 Å². The predicted molar refractivity (Wildman–Crippen MR) is 116 cm³/mol. The van der Waals surface area contributed by atoms with Gasteiger partial charge in [0, 0.05) is 0 Å². The molecule has 1 heterocycles. The number of urea groups is 1. The summed E-state index contributed by atoms with van der Waals surface area (Å²) in [6, 6.07) is 15.8. The van der Waals surface area contributed by atoms with Crippen LogP contribution < -0.4 is 15.4 Å². The van der Waals surface area contributed by atoms with Crippen molar-refractivity contribution in [3.8, 4) is 5.75 Å². The zero-order valence-corrected chi connectivity index (χ0v) is 17.4. The van der Waals surface area contributed by atoms with Crippen LogP contribution in [0.5, 0.6) is 5.75 Å². The minimum absolute atomic E-state index is 0.246. The molecule has 30 heavy (non-hydrogen) atoms. The first kappa shape index (κ1) is 21.4. The summed E-state index contributed by atoms with van der Waals surface area (Å²) in [6.07, 6.45) is 3.29. The van der Waals surface area contributed by atoms with Crippen molar-refractivity contribution in [3.05, 3.63) is 71.3 Å². The molecule has 1 unspecified atom stereocenters. The third-order valence-corrected chi connectivity index (χ3v) is 4.86. The lowest BCUT2D eigenvalue weighted by Crippen LogP contribution is -2.45. The highest BCUT2D eigenvalue weighted by Crippen LogP contribution is 2.32. The molecule has 0 saturated heterocycles. The van der Waals surface area contributed by atoms with Gasteiger partial charge in [-0.1, -0.05) is 62.2 Å². The first-order chi connectivity index (χ1) is 14.6. The van der Waals surface area contributed by atoms with E-state index in [0.717, 1.165) is 36.1 Å². The van der Waals surface area contributed by atoms with Crippen LogP contribution in [0.25, 0.3) is 5.70 Å². The summed E-state index contributed by atoms with van der Waals surface area (Å²) in [6.45, 7) is 4.83. The molecular weight excluding hydrogens is 380 g/mol. The average Bonchev–Trinajstić information content (AvgIpc) is 2.77. The maximum Gasteiger partial charge on any atom is 0.338 e. The van der Waals surface area contributed by atoms with Crippen LogP contribution in [0.2, 0.25) is 0 Å². The van der Waals surface area contributed by atoms with Gasteiger partial charge in [-0.15, -0.1) is 0 Å². The van der Waals surface area contributed by atoms with Crippen LogP contribution in [-0.4, -0.2) is 25.2 Å². The van der Waals surface area contributed by atoms with E-state index in [0.29, 0.717) is 17.9 Å². The number of nitrogens with one attached hydrogen (secondary N) is 2. The van der Waals surface area contributed by atoms with Crippen LogP contribution in [0, 0.1) is 0 Å². The van der Waals surface area contributed by atoms with Gasteiger partial charge < -0.3 is 20.1 Å². The molecule has 0 fully saturated rings. The van der Waals surface area contributed by atoms with Gasteiger partial charge >= 0.3 is 12.0 Å². The van der Waals surface area contributed by atoms with Gasteiger partial charge in [-0.2, -0.15) is 0 Å². The molecule has 3 rings (SSSR count). The van der Waals surface area contributed by atoms with Crippen molar-refractivity contribution in [2.24, 2.45) is 0 Å². The van der Waals surface area contributed by atoms with Gasteiger partial charge in [0.25, 0.3) is 0 Å². The number of rotatable bonds is 9. The van der Waals surface area contributed by atoms with Gasteiger partial charge in [-0.3, -0.25) is 0 Å². The van der Waals surface area contributed by atoms with Gasteiger partial charge in [0.05, 0.1) is 30.5 Å². The Morgan fingerprint density at radius 3 is 2.40 bits per heavy atom. The highest BCUT2D eigenvalue weighted by molar-refractivity contribution is 6.04. The summed E-state index contributed by atoms with van der Waals surface area (Å²) >= 11 is 0. The van der Waals surface area contributed by atoms with Crippen molar-refractivity contribution in [1.82, 2.24) is 10.6 Å². The molecule has 0 aliphatic carbocycles. The summed E-state index contributed by atoms with van der Waals surface area (Å²) in [5, 5.41) is 5.63. The summed E-state index contributed by atoms with van der Waals surface area (Å²) < 4.78 is 11.1. The number of unbranched alkanes of at least 4 members (excludes halogenated alkanes) is 2. The van der Waals surface area contributed by atoms with E-state index in [4.69, 9.17) is 9.47 Å². The van der Waals surface area contributed by atoms with Gasteiger partial charge in [0.15, 0.2) is 0 Å². The largest absolute Gasteiger partial charge is 0.494 e. The minimum Gasteiger partial charge on any atom is -0.494 e. The molecule has 2 N–H and O–H groups in total. The molecule has 0 spiro atoms. The molecule has 1 aliphatic heterocycles. The lowest BCUT2D eigenvalue weighted by Gasteiger charge is -2.29. The molecule has 0 radical (unpaired) electrons. The lowest BCUT2D eigenvalue weighted by atomic mass is 9.92. The third-order valence-electron chi connectivity index (χ3n) is 4.86. The Hall–Kier alpha value is -3.28. The minimum atomic E-state index is -0.623. The second kappa shape index (κ2) is 10.5. The van der Waals surface area contributed by atoms with E-state index in [1.54, 1.807) is 6.92 Å². The summed E-state index contributed by atoms with van der Waals surface area (Å²) in [5.41, 5.74) is 2.36. The Bertz CT molecular complexity index is 891. The fourth-order valence-corrected chi connectivity index (χ4v) is 3.37. The molecule has 6 nitrogen and oxygen atoms in total. The Kier molecular flexibility index (Phi) is 7.49. The van der Waals surface area contributed by atoms with Crippen LogP contribution in [0.15, 0.2) is 60.2 Å². The second-order valence-electron chi connectivity index (χ2n) is 7.03. The summed E-state index contributed by atoms with van der Waals surface area (Å²) in [5.74, 6) is 0.300. The number of carbonyl (C=O) groups is 2. The SMILES string of the molecule is CCCCCOc1ccc(C2NC(=O)NC(c3ccccc3)=C2C(=O)OCC)cc1. The maximum atomic E-state index is 12.8. The van der Waals surface area contributed by atoms with E-state index in [2.05, 4.69) is 17.6 Å². The van der Waals surface area contributed by atoms with Gasteiger partial charge in [0.2, 0.25) is 0 Å². The van der Waals surface area contributed by atoms with Crippen molar-refractivity contribution in [2.45, 2.75) is 39.2 Å². The van der Waals surface area contributed by atoms with Crippen LogP contribution in [0.1, 0.15) is 50.3 Å². The molecule has 6 heteroatoms. The van der Waals surface area contributed by atoms with Crippen LogP contribution in [0.3, 0.4) is 0 Å². The molecule has 1 aliphatic rings. The number of hydrogen-bond acceptors (Lipinski definition) is 4. The monoisotopic (exact) mass is 408 g/mol. The molecule has 2 amide bonds. The number of amides is 2.